The summed E-state index contributed by atoms with van der Waals surface area (Å²) in [6.07, 6.45) is 0. The number of ether oxygens (including phenoxy) is 1. The normalized spacial score (nSPS) is 13.8. The minimum absolute atomic E-state index is 0.0973. The van der Waals surface area contributed by atoms with Crippen LogP contribution in [0.4, 0.5) is 11.4 Å². The van der Waals surface area contributed by atoms with Crippen molar-refractivity contribution in [2.45, 2.75) is 20.4 Å². The van der Waals surface area contributed by atoms with Gasteiger partial charge in [-0.3, -0.25) is 15.0 Å². The Morgan fingerprint density at radius 1 is 0.914 bits per heavy atom. The molecule has 1 aliphatic rings. The zero-order valence-electron chi connectivity index (χ0n) is 20.3. The molecular formula is C28H32N4O2S. The fraction of sp³-hybridized carbons (Fsp3) is 0.286. The highest BCUT2D eigenvalue weighted by Gasteiger charge is 2.17. The van der Waals surface area contributed by atoms with Gasteiger partial charge in [0.2, 0.25) is 0 Å². The van der Waals surface area contributed by atoms with Crippen LogP contribution in [-0.4, -0.2) is 48.7 Å². The zero-order valence-corrected chi connectivity index (χ0v) is 21.1. The Morgan fingerprint density at radius 3 is 2.23 bits per heavy atom. The van der Waals surface area contributed by atoms with E-state index in [1.807, 2.05) is 38.1 Å². The first-order valence-corrected chi connectivity index (χ1v) is 12.3. The number of anilines is 2. The average molecular weight is 489 g/mol. The third-order valence-corrected chi connectivity index (χ3v) is 6.13. The van der Waals surface area contributed by atoms with E-state index in [0.717, 1.165) is 49.5 Å². The number of amides is 1. The molecule has 0 unspecified atom stereocenters. The molecule has 1 aliphatic heterocycles. The predicted molar refractivity (Wildman–Crippen MR) is 146 cm³/mol. The van der Waals surface area contributed by atoms with Crippen LogP contribution < -0.4 is 20.3 Å². The summed E-state index contributed by atoms with van der Waals surface area (Å²) in [7, 11) is 0. The van der Waals surface area contributed by atoms with Gasteiger partial charge in [-0.1, -0.05) is 36.4 Å². The van der Waals surface area contributed by atoms with E-state index in [0.29, 0.717) is 5.75 Å². The molecule has 0 aromatic heterocycles. The number of rotatable bonds is 7. The van der Waals surface area contributed by atoms with Gasteiger partial charge >= 0.3 is 0 Å². The minimum Gasteiger partial charge on any atom is -0.484 e. The lowest BCUT2D eigenvalue weighted by atomic mass is 10.1. The maximum Gasteiger partial charge on any atom is 0.264 e. The van der Waals surface area contributed by atoms with E-state index in [4.69, 9.17) is 17.0 Å². The summed E-state index contributed by atoms with van der Waals surface area (Å²) in [5, 5.41) is 5.99. The second-order valence-corrected chi connectivity index (χ2v) is 9.32. The first-order chi connectivity index (χ1) is 16.9. The second kappa shape index (κ2) is 11.8. The molecule has 3 aromatic carbocycles. The van der Waals surface area contributed by atoms with Crippen molar-refractivity contribution in [3.63, 3.8) is 0 Å². The SMILES string of the molecule is Cc1cc(C)cc(OCC(=O)NC(=S)Nc2ccc(N3CCN(Cc4ccccc4)CC3)cc2)c1. The maximum atomic E-state index is 12.2. The molecule has 35 heavy (non-hydrogen) atoms. The van der Waals surface area contributed by atoms with Crippen molar-refractivity contribution < 1.29 is 9.53 Å². The quantitative estimate of drug-likeness (QED) is 0.477. The Morgan fingerprint density at radius 2 is 1.57 bits per heavy atom. The summed E-state index contributed by atoms with van der Waals surface area (Å²) in [5.74, 6) is 0.375. The van der Waals surface area contributed by atoms with Gasteiger partial charge in [-0.25, -0.2) is 0 Å². The molecule has 0 aliphatic carbocycles. The lowest BCUT2D eigenvalue weighted by Crippen LogP contribution is -2.45. The molecule has 4 rings (SSSR count). The van der Waals surface area contributed by atoms with Gasteiger partial charge < -0.3 is 15.0 Å². The molecule has 3 aromatic rings. The summed E-state index contributed by atoms with van der Waals surface area (Å²) in [4.78, 5) is 17.1. The van der Waals surface area contributed by atoms with Crippen LogP contribution in [0.3, 0.4) is 0 Å². The van der Waals surface area contributed by atoms with Crippen molar-refractivity contribution >= 4 is 34.6 Å². The number of thiocarbonyl (C=S) groups is 1. The van der Waals surface area contributed by atoms with Crippen LogP contribution in [0.2, 0.25) is 0 Å². The van der Waals surface area contributed by atoms with E-state index >= 15 is 0 Å². The number of hydrogen-bond donors (Lipinski definition) is 2. The van der Waals surface area contributed by atoms with Gasteiger partial charge in [0.1, 0.15) is 5.75 Å². The van der Waals surface area contributed by atoms with E-state index < -0.39 is 0 Å². The number of benzene rings is 3. The van der Waals surface area contributed by atoms with Crippen molar-refractivity contribution in [3.8, 4) is 5.75 Å². The van der Waals surface area contributed by atoms with Crippen LogP contribution in [0.5, 0.6) is 5.75 Å². The van der Waals surface area contributed by atoms with Gasteiger partial charge in [-0.05, 0) is 79.2 Å². The molecule has 182 valence electrons. The fourth-order valence-electron chi connectivity index (χ4n) is 4.25. The summed E-state index contributed by atoms with van der Waals surface area (Å²) >= 11 is 5.29. The van der Waals surface area contributed by atoms with E-state index in [2.05, 4.69) is 69.0 Å². The van der Waals surface area contributed by atoms with Crippen LogP contribution in [0, 0.1) is 13.8 Å². The molecule has 1 amide bonds. The molecule has 1 saturated heterocycles. The van der Waals surface area contributed by atoms with Crippen LogP contribution in [0.25, 0.3) is 0 Å². The molecule has 0 spiro atoms. The molecule has 7 heteroatoms. The Balaban J connectivity index is 1.20. The average Bonchev–Trinajstić information content (AvgIpc) is 2.84. The van der Waals surface area contributed by atoms with Crippen molar-refractivity contribution in [2.24, 2.45) is 0 Å². The summed E-state index contributed by atoms with van der Waals surface area (Å²) < 4.78 is 5.60. The highest BCUT2D eigenvalue weighted by Crippen LogP contribution is 2.20. The van der Waals surface area contributed by atoms with Crippen molar-refractivity contribution in [1.82, 2.24) is 10.2 Å². The van der Waals surface area contributed by atoms with Gasteiger partial charge in [-0.2, -0.15) is 0 Å². The molecule has 1 fully saturated rings. The van der Waals surface area contributed by atoms with Gasteiger partial charge in [0, 0.05) is 44.1 Å². The van der Waals surface area contributed by atoms with E-state index in [9.17, 15) is 4.79 Å². The van der Waals surface area contributed by atoms with Crippen molar-refractivity contribution in [2.75, 3.05) is 43.0 Å². The van der Waals surface area contributed by atoms with Crippen molar-refractivity contribution in [1.29, 1.82) is 0 Å². The second-order valence-electron chi connectivity index (χ2n) is 8.91. The minimum atomic E-state index is -0.299. The van der Waals surface area contributed by atoms with E-state index in [1.165, 1.54) is 11.3 Å². The number of nitrogens with one attached hydrogen (secondary N) is 2. The molecule has 2 N–H and O–H groups in total. The summed E-state index contributed by atoms with van der Waals surface area (Å²) in [5.41, 5.74) is 5.56. The lowest BCUT2D eigenvalue weighted by molar-refractivity contribution is -0.121. The largest absolute Gasteiger partial charge is 0.484 e. The number of piperazine rings is 1. The highest BCUT2D eigenvalue weighted by atomic mass is 32.1. The highest BCUT2D eigenvalue weighted by molar-refractivity contribution is 7.80. The van der Waals surface area contributed by atoms with Gasteiger partial charge in [-0.15, -0.1) is 0 Å². The van der Waals surface area contributed by atoms with Crippen LogP contribution in [0.15, 0.2) is 72.8 Å². The number of carbonyl (C=O) groups excluding carboxylic acids is 1. The fourth-order valence-corrected chi connectivity index (χ4v) is 4.48. The lowest BCUT2D eigenvalue weighted by Gasteiger charge is -2.36. The van der Waals surface area contributed by atoms with Gasteiger partial charge in [0.05, 0.1) is 0 Å². The molecule has 0 radical (unpaired) electrons. The molecule has 0 bridgehead atoms. The third-order valence-electron chi connectivity index (χ3n) is 5.93. The number of carbonyl (C=O) groups is 1. The van der Waals surface area contributed by atoms with Crippen LogP contribution in [-0.2, 0) is 11.3 Å². The standard InChI is InChI=1S/C28H32N4O2S/c1-21-16-22(2)18-26(17-21)34-20-27(33)30-28(35)29-24-8-10-25(11-9-24)32-14-12-31(13-15-32)19-23-6-4-3-5-7-23/h3-11,16-18H,12-15,19-20H2,1-2H3,(H2,29,30,33,35). The smallest absolute Gasteiger partial charge is 0.264 e. The Bertz CT molecular complexity index is 1120. The number of aryl methyl sites for hydroxylation is 2. The summed E-state index contributed by atoms with van der Waals surface area (Å²) in [6.45, 7) is 8.95. The molecule has 0 atom stereocenters. The van der Waals surface area contributed by atoms with Crippen LogP contribution in [0.1, 0.15) is 16.7 Å². The zero-order chi connectivity index (χ0) is 24.6. The Labute approximate surface area is 212 Å². The Hall–Kier alpha value is -3.42. The Kier molecular flexibility index (Phi) is 8.34. The first kappa shape index (κ1) is 24.7. The van der Waals surface area contributed by atoms with E-state index in [-0.39, 0.29) is 17.6 Å². The van der Waals surface area contributed by atoms with Gasteiger partial charge in [0.25, 0.3) is 5.91 Å². The van der Waals surface area contributed by atoms with Gasteiger partial charge in [0.15, 0.2) is 11.7 Å². The molecular weight excluding hydrogens is 456 g/mol. The molecule has 0 saturated carbocycles. The number of hydrogen-bond acceptors (Lipinski definition) is 5. The number of nitrogens with zero attached hydrogens (tertiary/aromatic N) is 2. The van der Waals surface area contributed by atoms with Crippen molar-refractivity contribution in [3.05, 3.63) is 89.5 Å². The predicted octanol–water partition coefficient (Wildman–Crippen LogP) is 4.52. The molecule has 6 nitrogen and oxygen atoms in total. The molecule has 1 heterocycles. The topological polar surface area (TPSA) is 56.8 Å². The third kappa shape index (κ3) is 7.53. The monoisotopic (exact) mass is 488 g/mol. The van der Waals surface area contributed by atoms with E-state index in [1.54, 1.807) is 0 Å². The van der Waals surface area contributed by atoms with Crippen LogP contribution >= 0.6 is 12.2 Å². The summed E-state index contributed by atoms with van der Waals surface area (Å²) in [6, 6.07) is 24.6. The maximum absolute atomic E-state index is 12.2. The first-order valence-electron chi connectivity index (χ1n) is 11.9.